The molecule has 1 saturated heterocycles. The van der Waals surface area contributed by atoms with Gasteiger partial charge in [0.1, 0.15) is 5.69 Å². The van der Waals surface area contributed by atoms with Gasteiger partial charge < -0.3 is 9.73 Å². The number of amides is 1. The highest BCUT2D eigenvalue weighted by Crippen LogP contribution is 2.33. The highest BCUT2D eigenvalue weighted by Gasteiger charge is 2.39. The van der Waals surface area contributed by atoms with Gasteiger partial charge in [-0.3, -0.25) is 4.79 Å². The number of carbonyl (C=O) groups excluding carboxylic acids is 1. The van der Waals surface area contributed by atoms with E-state index in [0.29, 0.717) is 24.5 Å². The molecule has 0 unspecified atom stereocenters. The summed E-state index contributed by atoms with van der Waals surface area (Å²) in [5, 5.41) is 2.88. The van der Waals surface area contributed by atoms with Crippen LogP contribution in [0.2, 0.25) is 0 Å². The van der Waals surface area contributed by atoms with Gasteiger partial charge in [-0.1, -0.05) is 60.7 Å². The maximum atomic E-state index is 12.4. The lowest BCUT2D eigenvalue weighted by Crippen LogP contribution is -2.47. The van der Waals surface area contributed by atoms with Crippen LogP contribution in [0.4, 0.5) is 0 Å². The Morgan fingerprint density at radius 1 is 1.07 bits per heavy atom. The second-order valence-corrected chi connectivity index (χ2v) is 10.2. The molecule has 6 nitrogen and oxygen atoms in total. The minimum Gasteiger partial charge on any atom is -0.440 e. The normalized spacial score (nSPS) is 20.2. The van der Waals surface area contributed by atoms with Crippen LogP contribution in [0.5, 0.6) is 0 Å². The lowest BCUT2D eigenvalue weighted by Gasteiger charge is -2.23. The second kappa shape index (κ2) is 8.07. The largest absolute Gasteiger partial charge is 0.440 e. The number of aromatic nitrogens is 1. The third-order valence-electron chi connectivity index (χ3n) is 5.27. The molecule has 1 amide bonds. The summed E-state index contributed by atoms with van der Waals surface area (Å²) in [6, 6.07) is 19.5. The highest BCUT2D eigenvalue weighted by atomic mass is 32.2. The Kier molecular flexibility index (Phi) is 5.47. The van der Waals surface area contributed by atoms with Crippen LogP contribution in [-0.2, 0) is 21.1 Å². The molecule has 2 aromatic carbocycles. The number of rotatable bonds is 6. The van der Waals surface area contributed by atoms with Crippen LogP contribution in [0.3, 0.4) is 0 Å². The SMILES string of the molecule is C[C@]1(NC(=O)CCc2nc(-c3ccccc3)c(-c3ccccc3)o2)CCS(=O)(=O)C1. The van der Waals surface area contributed by atoms with Gasteiger partial charge in [0.15, 0.2) is 21.5 Å². The number of aryl methyl sites for hydroxylation is 1. The van der Waals surface area contributed by atoms with Crippen molar-refractivity contribution in [2.24, 2.45) is 0 Å². The Balaban J connectivity index is 1.51. The van der Waals surface area contributed by atoms with Crippen LogP contribution in [0, 0.1) is 0 Å². The molecule has 1 fully saturated rings. The topological polar surface area (TPSA) is 89.3 Å². The predicted octanol–water partition coefficient (Wildman–Crippen LogP) is 3.63. The van der Waals surface area contributed by atoms with Crippen LogP contribution in [0.1, 0.15) is 25.7 Å². The average molecular weight is 425 g/mol. The number of sulfone groups is 1. The molecule has 0 bridgehead atoms. The van der Waals surface area contributed by atoms with Gasteiger partial charge in [0.2, 0.25) is 5.91 Å². The van der Waals surface area contributed by atoms with Crippen LogP contribution in [0.25, 0.3) is 22.6 Å². The molecule has 0 radical (unpaired) electrons. The Bertz CT molecular complexity index is 1080. The monoisotopic (exact) mass is 424 g/mol. The average Bonchev–Trinajstić information content (AvgIpc) is 3.28. The summed E-state index contributed by atoms with van der Waals surface area (Å²) in [6.45, 7) is 1.78. The van der Waals surface area contributed by atoms with Crippen LogP contribution >= 0.6 is 0 Å². The molecule has 0 saturated carbocycles. The molecule has 1 aliphatic rings. The van der Waals surface area contributed by atoms with E-state index in [1.807, 2.05) is 60.7 Å². The first-order chi connectivity index (χ1) is 14.3. The van der Waals surface area contributed by atoms with E-state index >= 15 is 0 Å². The van der Waals surface area contributed by atoms with Crippen molar-refractivity contribution in [1.29, 1.82) is 0 Å². The molecular formula is C23H24N2O4S. The van der Waals surface area contributed by atoms with Gasteiger partial charge in [0.25, 0.3) is 0 Å². The van der Waals surface area contributed by atoms with E-state index in [0.717, 1.165) is 16.8 Å². The number of nitrogens with one attached hydrogen (secondary N) is 1. The minimum atomic E-state index is -3.08. The van der Waals surface area contributed by atoms with Gasteiger partial charge in [0, 0.05) is 24.0 Å². The molecule has 1 aliphatic heterocycles. The van der Waals surface area contributed by atoms with E-state index in [4.69, 9.17) is 4.42 Å². The Morgan fingerprint density at radius 2 is 1.70 bits per heavy atom. The zero-order valence-electron chi connectivity index (χ0n) is 16.8. The Labute approximate surface area is 176 Å². The van der Waals surface area contributed by atoms with Crippen molar-refractivity contribution < 1.29 is 17.6 Å². The third-order valence-corrected chi connectivity index (χ3v) is 7.17. The number of nitrogens with zero attached hydrogens (tertiary/aromatic N) is 1. The fraction of sp³-hybridized carbons (Fsp3) is 0.304. The van der Waals surface area contributed by atoms with Gasteiger partial charge in [-0.25, -0.2) is 13.4 Å². The van der Waals surface area contributed by atoms with Gasteiger partial charge in [-0.2, -0.15) is 0 Å². The summed E-state index contributed by atoms with van der Waals surface area (Å²) in [7, 11) is -3.08. The highest BCUT2D eigenvalue weighted by molar-refractivity contribution is 7.91. The van der Waals surface area contributed by atoms with Crippen molar-refractivity contribution in [1.82, 2.24) is 10.3 Å². The first-order valence-electron chi connectivity index (χ1n) is 9.96. The lowest BCUT2D eigenvalue weighted by molar-refractivity contribution is -0.122. The summed E-state index contributed by atoms with van der Waals surface area (Å²) in [6.07, 6.45) is 0.955. The maximum Gasteiger partial charge on any atom is 0.220 e. The second-order valence-electron chi connectivity index (χ2n) is 7.97. The molecule has 0 aliphatic carbocycles. The molecule has 156 valence electrons. The van der Waals surface area contributed by atoms with Crippen LogP contribution in [-0.4, -0.2) is 36.4 Å². The van der Waals surface area contributed by atoms with E-state index in [9.17, 15) is 13.2 Å². The molecule has 4 rings (SSSR count). The number of benzene rings is 2. The van der Waals surface area contributed by atoms with Crippen molar-refractivity contribution in [3.8, 4) is 22.6 Å². The number of carbonyl (C=O) groups is 1. The lowest BCUT2D eigenvalue weighted by atomic mass is 10.0. The summed E-state index contributed by atoms with van der Waals surface area (Å²) in [5.74, 6) is 1.05. The molecule has 2 heterocycles. The molecule has 1 N–H and O–H groups in total. The van der Waals surface area contributed by atoms with E-state index < -0.39 is 15.4 Å². The van der Waals surface area contributed by atoms with Gasteiger partial charge in [-0.15, -0.1) is 0 Å². The predicted molar refractivity (Wildman–Crippen MR) is 116 cm³/mol. The number of hydrogen-bond acceptors (Lipinski definition) is 5. The summed E-state index contributed by atoms with van der Waals surface area (Å²) in [4.78, 5) is 17.1. The molecule has 1 aromatic heterocycles. The standard InChI is InChI=1S/C23H24N2O4S/c1-23(14-15-30(27,28)16-23)25-19(26)12-13-20-24-21(17-8-4-2-5-9-17)22(29-20)18-10-6-3-7-11-18/h2-11H,12-16H2,1H3,(H,25,26)/t23-/m0/s1. The minimum absolute atomic E-state index is 0.0128. The Hall–Kier alpha value is -2.93. The molecule has 3 aromatic rings. The molecule has 7 heteroatoms. The maximum absolute atomic E-state index is 12.4. The fourth-order valence-electron chi connectivity index (χ4n) is 3.78. The third kappa shape index (κ3) is 4.62. The van der Waals surface area contributed by atoms with Crippen molar-refractivity contribution in [2.45, 2.75) is 31.7 Å². The Morgan fingerprint density at radius 3 is 2.30 bits per heavy atom. The van der Waals surface area contributed by atoms with Crippen molar-refractivity contribution in [3.63, 3.8) is 0 Å². The van der Waals surface area contributed by atoms with E-state index in [1.54, 1.807) is 6.92 Å². The summed E-state index contributed by atoms with van der Waals surface area (Å²) in [5.41, 5.74) is 1.91. The van der Waals surface area contributed by atoms with Gasteiger partial charge >= 0.3 is 0 Å². The van der Waals surface area contributed by atoms with Crippen LogP contribution in [0.15, 0.2) is 65.1 Å². The van der Waals surface area contributed by atoms with Crippen molar-refractivity contribution in [3.05, 3.63) is 66.6 Å². The van der Waals surface area contributed by atoms with Crippen molar-refractivity contribution >= 4 is 15.7 Å². The quantitative estimate of drug-likeness (QED) is 0.653. The zero-order valence-corrected chi connectivity index (χ0v) is 17.6. The van der Waals surface area contributed by atoms with E-state index in [-0.39, 0.29) is 23.8 Å². The molecular weight excluding hydrogens is 400 g/mol. The summed E-state index contributed by atoms with van der Waals surface area (Å²) >= 11 is 0. The molecule has 0 spiro atoms. The van der Waals surface area contributed by atoms with E-state index in [2.05, 4.69) is 10.3 Å². The van der Waals surface area contributed by atoms with Crippen molar-refractivity contribution in [2.75, 3.05) is 11.5 Å². The number of oxazole rings is 1. The zero-order chi connectivity index (χ0) is 21.2. The first-order valence-corrected chi connectivity index (χ1v) is 11.8. The van der Waals surface area contributed by atoms with Gasteiger partial charge in [-0.05, 0) is 13.3 Å². The molecule has 1 atom stereocenters. The first kappa shape index (κ1) is 20.3. The summed E-state index contributed by atoms with van der Waals surface area (Å²) < 4.78 is 29.5. The fourth-order valence-corrected chi connectivity index (χ4v) is 5.87. The molecule has 30 heavy (non-hydrogen) atoms. The van der Waals surface area contributed by atoms with Crippen LogP contribution < -0.4 is 5.32 Å². The number of hydrogen-bond donors (Lipinski definition) is 1. The van der Waals surface area contributed by atoms with Gasteiger partial charge in [0.05, 0.1) is 17.0 Å². The smallest absolute Gasteiger partial charge is 0.220 e. The van der Waals surface area contributed by atoms with E-state index in [1.165, 1.54) is 0 Å².